The van der Waals surface area contributed by atoms with Gasteiger partial charge in [0.2, 0.25) is 4.80 Å². The van der Waals surface area contributed by atoms with Crippen molar-refractivity contribution in [3.05, 3.63) is 67.0 Å². The molecule has 0 fully saturated rings. The Morgan fingerprint density at radius 2 is 1.92 bits per heavy atom. The summed E-state index contributed by atoms with van der Waals surface area (Å²) in [5, 5.41) is 17.2. The number of hydrogen-bond acceptors (Lipinski definition) is 6. The van der Waals surface area contributed by atoms with Crippen LogP contribution in [0.5, 0.6) is 0 Å². The summed E-state index contributed by atoms with van der Waals surface area (Å²) in [4.78, 5) is 15.1. The van der Waals surface area contributed by atoms with Crippen molar-refractivity contribution < 1.29 is 9.34 Å². The zero-order valence-corrected chi connectivity index (χ0v) is 15.7. The Morgan fingerprint density at radius 3 is 2.58 bits per heavy atom. The lowest BCUT2D eigenvalue weighted by Gasteiger charge is -2.10. The fourth-order valence-corrected chi connectivity index (χ4v) is 3.40. The van der Waals surface area contributed by atoms with Crippen molar-refractivity contribution in [3.8, 4) is 11.3 Å². The number of hydrogen-bond donors (Lipinski definition) is 0. The molecule has 0 aliphatic carbocycles. The van der Waals surface area contributed by atoms with Crippen LogP contribution < -0.4 is 4.80 Å². The van der Waals surface area contributed by atoms with Crippen LogP contribution >= 0.6 is 11.3 Å². The van der Waals surface area contributed by atoms with Gasteiger partial charge >= 0.3 is 5.88 Å². The van der Waals surface area contributed by atoms with Crippen molar-refractivity contribution in [1.29, 1.82) is 0 Å². The first-order valence-electron chi connectivity index (χ1n) is 7.91. The van der Waals surface area contributed by atoms with Crippen LogP contribution in [0.1, 0.15) is 22.5 Å². The molecule has 1 aromatic carbocycles. The molecule has 2 aromatic heterocycles. The number of rotatable bonds is 4. The van der Waals surface area contributed by atoms with Crippen LogP contribution in [0.25, 0.3) is 11.3 Å². The SMILES string of the molecule is CN=c1scc(-c2cc(C)c(C)cc2C)n1/N=C\c1ccc([N+](=O)[O-])o1. The van der Waals surface area contributed by atoms with Crippen molar-refractivity contribution in [3.63, 3.8) is 0 Å². The van der Waals surface area contributed by atoms with E-state index in [2.05, 4.69) is 43.0 Å². The number of thiazole rings is 1. The average Bonchev–Trinajstić information content (AvgIpc) is 3.22. The van der Waals surface area contributed by atoms with E-state index in [-0.39, 0.29) is 5.88 Å². The lowest BCUT2D eigenvalue weighted by molar-refractivity contribution is -0.402. The first-order chi connectivity index (χ1) is 12.4. The van der Waals surface area contributed by atoms with Crippen LogP contribution in [-0.2, 0) is 0 Å². The van der Waals surface area contributed by atoms with Crippen molar-refractivity contribution in [1.82, 2.24) is 4.68 Å². The van der Waals surface area contributed by atoms with Crippen LogP contribution in [0.2, 0.25) is 0 Å². The Labute approximate surface area is 154 Å². The van der Waals surface area contributed by atoms with Crippen LogP contribution in [0.4, 0.5) is 5.88 Å². The van der Waals surface area contributed by atoms with Crippen molar-refractivity contribution in [2.75, 3.05) is 7.05 Å². The van der Waals surface area contributed by atoms with Crippen LogP contribution in [0.3, 0.4) is 0 Å². The average molecular weight is 370 g/mol. The minimum atomic E-state index is -0.578. The standard InChI is InChI=1S/C18H18N4O3S/c1-11-7-13(3)15(8-12(11)2)16-10-26-18(19-4)21(16)20-9-14-5-6-17(25-14)22(23)24/h5-10H,1-4H3/b19-18?,20-9-. The van der Waals surface area contributed by atoms with Gasteiger partial charge in [0.25, 0.3) is 0 Å². The largest absolute Gasteiger partial charge is 0.433 e. The minimum absolute atomic E-state index is 0.306. The molecular weight excluding hydrogens is 352 g/mol. The van der Waals surface area contributed by atoms with Gasteiger partial charge in [0.05, 0.1) is 18.0 Å². The van der Waals surface area contributed by atoms with E-state index < -0.39 is 4.92 Å². The number of nitro groups is 1. The predicted molar refractivity (Wildman–Crippen MR) is 102 cm³/mol. The van der Waals surface area contributed by atoms with E-state index in [0.29, 0.717) is 5.76 Å². The Bertz CT molecular complexity index is 1070. The molecule has 3 aromatic rings. The topological polar surface area (TPSA) is 85.9 Å². The maximum Gasteiger partial charge on any atom is 0.433 e. The molecule has 0 aliphatic heterocycles. The van der Waals surface area contributed by atoms with Crippen LogP contribution in [-0.4, -0.2) is 22.9 Å². The van der Waals surface area contributed by atoms with Crippen molar-refractivity contribution in [2.45, 2.75) is 20.8 Å². The zero-order valence-electron chi connectivity index (χ0n) is 14.9. The highest BCUT2D eigenvalue weighted by Crippen LogP contribution is 2.27. The molecule has 3 rings (SSSR count). The Morgan fingerprint density at radius 1 is 1.19 bits per heavy atom. The van der Waals surface area contributed by atoms with Gasteiger partial charge in [-0.3, -0.25) is 15.1 Å². The van der Waals surface area contributed by atoms with E-state index >= 15 is 0 Å². The molecule has 0 radical (unpaired) electrons. The molecule has 2 heterocycles. The first kappa shape index (κ1) is 17.8. The van der Waals surface area contributed by atoms with E-state index in [0.717, 1.165) is 21.6 Å². The maximum atomic E-state index is 10.7. The molecule has 26 heavy (non-hydrogen) atoms. The summed E-state index contributed by atoms with van der Waals surface area (Å²) in [6, 6.07) is 7.10. The van der Waals surface area contributed by atoms with Crippen molar-refractivity contribution in [2.24, 2.45) is 10.1 Å². The second kappa shape index (κ2) is 7.09. The molecular formula is C18H18N4O3S. The number of nitrogens with zero attached hydrogens (tertiary/aromatic N) is 4. The maximum absolute atomic E-state index is 10.7. The molecule has 0 atom stereocenters. The van der Waals surface area contributed by atoms with E-state index in [1.807, 2.05) is 5.38 Å². The monoisotopic (exact) mass is 370 g/mol. The molecule has 0 unspecified atom stereocenters. The van der Waals surface area contributed by atoms with Gasteiger partial charge in [0.15, 0.2) is 5.76 Å². The van der Waals surface area contributed by atoms with Gasteiger partial charge in [0.1, 0.15) is 4.92 Å². The molecule has 0 aliphatic rings. The molecule has 0 saturated heterocycles. The second-order valence-corrected chi connectivity index (χ2v) is 6.70. The fourth-order valence-electron chi connectivity index (χ4n) is 2.61. The smallest absolute Gasteiger partial charge is 0.400 e. The number of aromatic nitrogens is 1. The van der Waals surface area contributed by atoms with Crippen molar-refractivity contribution >= 4 is 23.4 Å². The Hall–Kier alpha value is -3.00. The van der Waals surface area contributed by atoms with E-state index in [1.165, 1.54) is 40.8 Å². The molecule has 8 heteroatoms. The lowest BCUT2D eigenvalue weighted by atomic mass is 9.99. The summed E-state index contributed by atoms with van der Waals surface area (Å²) in [5.41, 5.74) is 5.56. The highest BCUT2D eigenvalue weighted by atomic mass is 32.1. The summed E-state index contributed by atoms with van der Waals surface area (Å²) in [7, 11) is 1.70. The summed E-state index contributed by atoms with van der Waals surface area (Å²) >= 11 is 1.48. The molecule has 0 spiro atoms. The normalized spacial score (nSPS) is 12.2. The third-order valence-corrected chi connectivity index (χ3v) is 4.99. The van der Waals surface area contributed by atoms with E-state index in [9.17, 15) is 10.1 Å². The lowest BCUT2D eigenvalue weighted by Crippen LogP contribution is -2.11. The van der Waals surface area contributed by atoms with E-state index in [4.69, 9.17) is 4.42 Å². The molecule has 0 bridgehead atoms. The molecule has 0 amide bonds. The molecule has 134 valence electrons. The minimum Gasteiger partial charge on any atom is -0.400 e. The third-order valence-electron chi connectivity index (χ3n) is 4.09. The van der Waals surface area contributed by atoms with Gasteiger partial charge in [-0.1, -0.05) is 6.07 Å². The quantitative estimate of drug-likeness (QED) is 0.394. The fraction of sp³-hybridized carbons (Fsp3) is 0.222. The number of aryl methyl sites for hydroxylation is 3. The summed E-state index contributed by atoms with van der Waals surface area (Å²) in [5.74, 6) is -0.00684. The van der Waals surface area contributed by atoms with Crippen LogP contribution in [0, 0.1) is 30.9 Å². The number of benzene rings is 1. The molecule has 0 N–H and O–H groups in total. The molecule has 7 nitrogen and oxygen atoms in total. The zero-order chi connectivity index (χ0) is 18.8. The van der Waals surface area contributed by atoms with Gasteiger partial charge < -0.3 is 4.42 Å². The van der Waals surface area contributed by atoms with Gasteiger partial charge in [-0.15, -0.1) is 11.3 Å². The summed E-state index contributed by atoms with van der Waals surface area (Å²) in [6.07, 6.45) is 1.45. The Kier molecular flexibility index (Phi) is 4.85. The predicted octanol–water partition coefficient (Wildman–Crippen LogP) is 4.06. The van der Waals surface area contributed by atoms with Gasteiger partial charge in [-0.05, 0) is 49.6 Å². The Balaban J connectivity index is 2.08. The second-order valence-electron chi connectivity index (χ2n) is 5.87. The van der Waals surface area contributed by atoms with E-state index in [1.54, 1.807) is 11.7 Å². The molecule has 0 saturated carbocycles. The highest BCUT2D eigenvalue weighted by Gasteiger charge is 2.13. The van der Waals surface area contributed by atoms with Gasteiger partial charge in [-0.25, -0.2) is 4.68 Å². The third kappa shape index (κ3) is 3.36. The van der Waals surface area contributed by atoms with Crippen LogP contribution in [0.15, 0.2) is 44.2 Å². The number of furan rings is 1. The summed E-state index contributed by atoms with van der Waals surface area (Å²) < 4.78 is 6.85. The summed E-state index contributed by atoms with van der Waals surface area (Å²) in [6.45, 7) is 6.22. The van der Waals surface area contributed by atoms with Gasteiger partial charge in [-0.2, -0.15) is 5.10 Å². The van der Waals surface area contributed by atoms with Gasteiger partial charge in [0, 0.05) is 18.0 Å². The first-order valence-corrected chi connectivity index (χ1v) is 8.79. The highest BCUT2D eigenvalue weighted by molar-refractivity contribution is 7.07.